The van der Waals surface area contributed by atoms with Crippen molar-refractivity contribution in [3.8, 4) is 0 Å². The number of amides is 1. The van der Waals surface area contributed by atoms with Gasteiger partial charge >= 0.3 is 12.4 Å². The van der Waals surface area contributed by atoms with Crippen LogP contribution in [0.4, 0.5) is 26.3 Å². The number of nitrogens with one attached hydrogen (secondary N) is 2. The highest BCUT2D eigenvalue weighted by molar-refractivity contribution is 5.75. The van der Waals surface area contributed by atoms with E-state index in [4.69, 9.17) is 4.74 Å². The first-order valence-corrected chi connectivity index (χ1v) is 11.2. The Hall–Kier alpha value is -2.59. The lowest BCUT2D eigenvalue weighted by Crippen LogP contribution is -2.59. The number of ether oxygens (including phenoxy) is 1. The predicted molar refractivity (Wildman–Crippen MR) is 121 cm³/mol. The topological polar surface area (TPSA) is 50.4 Å². The van der Waals surface area contributed by atoms with E-state index in [9.17, 15) is 31.1 Å². The number of benzene rings is 1. The molecule has 2 rings (SSSR count). The molecule has 4 nitrogen and oxygen atoms in total. The average Bonchev–Trinajstić information content (AvgIpc) is 2.79. The molecule has 1 aliphatic heterocycles. The van der Waals surface area contributed by atoms with Crippen LogP contribution in [0.25, 0.3) is 0 Å². The van der Waals surface area contributed by atoms with Gasteiger partial charge in [0.1, 0.15) is 0 Å². The van der Waals surface area contributed by atoms with Gasteiger partial charge in [0.15, 0.2) is 0 Å². The number of alkyl halides is 6. The summed E-state index contributed by atoms with van der Waals surface area (Å²) in [5, 5.41) is 6.23. The quantitative estimate of drug-likeness (QED) is 0.323. The molecule has 1 aromatic carbocycles. The molecule has 1 aliphatic rings. The van der Waals surface area contributed by atoms with E-state index in [2.05, 4.69) is 17.2 Å². The molecule has 2 N–H and O–H groups in total. The van der Waals surface area contributed by atoms with Gasteiger partial charge in [-0.05, 0) is 49.1 Å². The lowest BCUT2D eigenvalue weighted by Gasteiger charge is -2.42. The van der Waals surface area contributed by atoms with Crippen LogP contribution in [0.2, 0.25) is 0 Å². The smallest absolute Gasteiger partial charge is 0.374 e. The number of allylic oxidation sites excluding steroid dienone is 3. The summed E-state index contributed by atoms with van der Waals surface area (Å²) in [6, 6.07) is 1.30. The molecule has 0 bridgehead atoms. The summed E-state index contributed by atoms with van der Waals surface area (Å²) in [5.41, 5.74) is -3.15. The number of hydrogen-bond acceptors (Lipinski definition) is 3. The minimum atomic E-state index is -4.92. The zero-order chi connectivity index (χ0) is 26.3. The lowest BCUT2D eigenvalue weighted by atomic mass is 9.81. The van der Waals surface area contributed by atoms with E-state index in [1.165, 1.54) is 0 Å². The average molecular weight is 505 g/mol. The molecule has 1 saturated heterocycles. The van der Waals surface area contributed by atoms with Gasteiger partial charge in [-0.3, -0.25) is 4.79 Å². The summed E-state index contributed by atoms with van der Waals surface area (Å²) in [6.07, 6.45) is -1.24. The Morgan fingerprint density at radius 1 is 1.17 bits per heavy atom. The van der Waals surface area contributed by atoms with Gasteiger partial charge in [-0.2, -0.15) is 26.3 Å². The Bertz CT molecular complexity index is 910. The van der Waals surface area contributed by atoms with Gasteiger partial charge in [0.2, 0.25) is 5.91 Å². The number of hydrogen-bond donors (Lipinski definition) is 2. The van der Waals surface area contributed by atoms with E-state index in [0.717, 1.165) is 0 Å². The summed E-state index contributed by atoms with van der Waals surface area (Å²) in [6.45, 7) is 7.62. The van der Waals surface area contributed by atoms with Crippen LogP contribution >= 0.6 is 0 Å². The Labute approximate surface area is 201 Å². The van der Waals surface area contributed by atoms with Crippen molar-refractivity contribution in [1.29, 1.82) is 0 Å². The van der Waals surface area contributed by atoms with E-state index >= 15 is 0 Å². The SMILES string of the molecule is C=C(/C=C\C=C/C)[C@]1(COCc2cc(C(F)(F)F)cc(C(F)(F)F)c2)CC[C@H](NC(=O)CC)CN1. The van der Waals surface area contributed by atoms with Crippen LogP contribution < -0.4 is 10.6 Å². The minimum Gasteiger partial charge on any atom is -0.374 e. The first-order valence-electron chi connectivity index (χ1n) is 11.2. The minimum absolute atomic E-state index is 0.0297. The predicted octanol–water partition coefficient (Wildman–Crippen LogP) is 5.95. The summed E-state index contributed by atoms with van der Waals surface area (Å²) in [7, 11) is 0. The molecule has 1 amide bonds. The second kappa shape index (κ2) is 11.9. The van der Waals surface area contributed by atoms with Gasteiger partial charge in [0.05, 0.1) is 29.9 Å². The molecular weight excluding hydrogens is 474 g/mol. The van der Waals surface area contributed by atoms with E-state index in [-0.39, 0.29) is 30.2 Å². The van der Waals surface area contributed by atoms with Crippen LogP contribution in [-0.4, -0.2) is 30.6 Å². The van der Waals surface area contributed by atoms with Crippen LogP contribution in [-0.2, 0) is 28.5 Å². The van der Waals surface area contributed by atoms with Crippen molar-refractivity contribution in [3.05, 3.63) is 71.3 Å². The fourth-order valence-corrected chi connectivity index (χ4v) is 3.76. The normalized spacial score (nSPS) is 21.5. The maximum Gasteiger partial charge on any atom is 0.416 e. The van der Waals surface area contributed by atoms with Crippen LogP contribution in [0.1, 0.15) is 49.8 Å². The summed E-state index contributed by atoms with van der Waals surface area (Å²) < 4.78 is 84.5. The molecule has 0 saturated carbocycles. The van der Waals surface area contributed by atoms with Gasteiger partial charge in [-0.15, -0.1) is 0 Å². The highest BCUT2D eigenvalue weighted by Crippen LogP contribution is 2.36. The van der Waals surface area contributed by atoms with Gasteiger partial charge < -0.3 is 15.4 Å². The van der Waals surface area contributed by atoms with Crippen LogP contribution in [0.3, 0.4) is 0 Å². The van der Waals surface area contributed by atoms with Crippen molar-refractivity contribution < 1.29 is 35.9 Å². The molecule has 0 spiro atoms. The molecule has 2 atom stereocenters. The highest BCUT2D eigenvalue weighted by Gasteiger charge is 2.38. The Kier molecular flexibility index (Phi) is 9.74. The van der Waals surface area contributed by atoms with E-state index in [0.29, 0.717) is 43.5 Å². The molecule has 194 valence electrons. The maximum atomic E-state index is 13.1. The van der Waals surface area contributed by atoms with E-state index < -0.39 is 35.6 Å². The van der Waals surface area contributed by atoms with Crippen LogP contribution in [0, 0.1) is 0 Å². The van der Waals surface area contributed by atoms with Crippen molar-refractivity contribution >= 4 is 5.91 Å². The first kappa shape index (κ1) is 28.6. The second-order valence-corrected chi connectivity index (χ2v) is 8.44. The van der Waals surface area contributed by atoms with Crippen molar-refractivity contribution in [2.24, 2.45) is 0 Å². The third-order valence-electron chi connectivity index (χ3n) is 5.77. The molecule has 0 aliphatic carbocycles. The number of carbonyl (C=O) groups excluding carboxylic acids is 1. The van der Waals surface area contributed by atoms with Gasteiger partial charge in [-0.25, -0.2) is 0 Å². The first-order chi connectivity index (χ1) is 16.3. The zero-order valence-electron chi connectivity index (χ0n) is 19.7. The van der Waals surface area contributed by atoms with Gasteiger partial charge in [-0.1, -0.05) is 37.8 Å². The molecule has 10 heteroatoms. The molecule has 35 heavy (non-hydrogen) atoms. The van der Waals surface area contributed by atoms with E-state index in [1.807, 2.05) is 13.0 Å². The molecular formula is C25H30F6N2O2. The van der Waals surface area contributed by atoms with Gasteiger partial charge in [0, 0.05) is 19.0 Å². The van der Waals surface area contributed by atoms with Crippen molar-refractivity contribution in [1.82, 2.24) is 10.6 Å². The van der Waals surface area contributed by atoms with Crippen molar-refractivity contribution in [3.63, 3.8) is 0 Å². The number of piperidine rings is 1. The van der Waals surface area contributed by atoms with Gasteiger partial charge in [0.25, 0.3) is 0 Å². The fraction of sp³-hybridized carbons (Fsp3) is 0.480. The second-order valence-electron chi connectivity index (χ2n) is 8.44. The number of carbonyl (C=O) groups is 1. The molecule has 1 aromatic rings. The summed E-state index contributed by atoms with van der Waals surface area (Å²) in [4.78, 5) is 11.7. The monoisotopic (exact) mass is 504 g/mol. The summed E-state index contributed by atoms with van der Waals surface area (Å²) >= 11 is 0. The molecule has 0 unspecified atom stereocenters. The molecule has 1 heterocycles. The Morgan fingerprint density at radius 3 is 2.29 bits per heavy atom. The highest BCUT2D eigenvalue weighted by atomic mass is 19.4. The molecule has 0 aromatic heterocycles. The third-order valence-corrected chi connectivity index (χ3v) is 5.77. The third kappa shape index (κ3) is 8.24. The van der Waals surface area contributed by atoms with E-state index in [1.54, 1.807) is 25.2 Å². The molecule has 0 radical (unpaired) electrons. The van der Waals surface area contributed by atoms with Crippen molar-refractivity contribution in [2.75, 3.05) is 13.2 Å². The summed E-state index contributed by atoms with van der Waals surface area (Å²) in [5.74, 6) is -0.0858. The number of halogens is 6. The Morgan fingerprint density at radius 2 is 1.80 bits per heavy atom. The lowest BCUT2D eigenvalue weighted by molar-refractivity contribution is -0.143. The maximum absolute atomic E-state index is 13.1. The zero-order valence-corrected chi connectivity index (χ0v) is 19.7. The van der Waals surface area contributed by atoms with Crippen molar-refractivity contribution in [2.45, 2.75) is 63.7 Å². The molecule has 1 fully saturated rings. The van der Waals surface area contributed by atoms with Crippen LogP contribution in [0.15, 0.2) is 54.7 Å². The number of rotatable bonds is 9. The van der Waals surface area contributed by atoms with Crippen LogP contribution in [0.5, 0.6) is 0 Å². The standard InChI is InChI=1S/C25H30F6N2O2/c1-4-6-7-8-17(3)23(10-9-21(14-32-23)33-22(34)5-2)16-35-15-18-11-19(24(26,27)28)13-20(12-18)25(29,30)31/h4,6-8,11-13,21,32H,3,5,9-10,14-16H2,1-2H3,(H,33,34)/b6-4-,8-7-/t21-,23+/m0/s1. The largest absolute Gasteiger partial charge is 0.416 e. The fourth-order valence-electron chi connectivity index (χ4n) is 3.76. The Balaban J connectivity index is 2.20.